The Balaban J connectivity index is 2.35. The second-order valence-corrected chi connectivity index (χ2v) is 7.26. The number of rotatable bonds is 4. The van der Waals surface area contributed by atoms with Crippen LogP contribution < -0.4 is 0 Å². The van der Waals surface area contributed by atoms with Gasteiger partial charge in [0.15, 0.2) is 0 Å². The van der Waals surface area contributed by atoms with Gasteiger partial charge in [-0.1, -0.05) is 74.5 Å². The lowest BCUT2D eigenvalue weighted by Gasteiger charge is -2.13. The Morgan fingerprint density at radius 3 is 1.70 bits per heavy atom. The van der Waals surface area contributed by atoms with Crippen molar-refractivity contribution in [2.45, 2.75) is 27.7 Å². The Hall–Kier alpha value is -3.02. The first kappa shape index (κ1) is 18.8. The molecular formula is C26H26O. The van der Waals surface area contributed by atoms with Crippen LogP contribution >= 0.6 is 0 Å². The molecule has 27 heavy (non-hydrogen) atoms. The largest absolute Gasteiger partial charge is 0.507 e. The fourth-order valence-corrected chi connectivity index (χ4v) is 3.32. The third-order valence-electron chi connectivity index (χ3n) is 4.76. The van der Waals surface area contributed by atoms with E-state index < -0.39 is 0 Å². The minimum atomic E-state index is 0.338. The lowest BCUT2D eigenvalue weighted by molar-refractivity contribution is 0.467. The van der Waals surface area contributed by atoms with Crippen LogP contribution in [0.3, 0.4) is 0 Å². The molecule has 0 spiro atoms. The van der Waals surface area contributed by atoms with Crippen molar-refractivity contribution in [2.75, 3.05) is 0 Å². The minimum Gasteiger partial charge on any atom is -0.507 e. The molecule has 0 saturated carbocycles. The summed E-state index contributed by atoms with van der Waals surface area (Å²) in [5.74, 6) is 0.702. The maximum Gasteiger partial charge on any atom is 0.121 e. The predicted octanol–water partition coefficient (Wildman–Crippen LogP) is 6.78. The average molecular weight is 354 g/mol. The number of aromatic hydroxyl groups is 1. The number of benzene rings is 3. The molecule has 0 bridgehead atoms. The number of phenolic OH excluding ortho intramolecular Hbond substituents is 1. The van der Waals surface area contributed by atoms with Crippen molar-refractivity contribution in [3.05, 3.63) is 106 Å². The van der Waals surface area contributed by atoms with Crippen LogP contribution in [0, 0.1) is 19.8 Å². The maximum absolute atomic E-state index is 10.2. The van der Waals surface area contributed by atoms with Crippen LogP contribution in [-0.2, 0) is 0 Å². The van der Waals surface area contributed by atoms with E-state index in [1.807, 2.05) is 38.1 Å². The first-order chi connectivity index (χ1) is 13.0. The van der Waals surface area contributed by atoms with Crippen molar-refractivity contribution < 1.29 is 5.11 Å². The van der Waals surface area contributed by atoms with Gasteiger partial charge in [-0.15, -0.1) is 5.73 Å². The van der Waals surface area contributed by atoms with Crippen molar-refractivity contribution in [1.82, 2.24) is 0 Å². The van der Waals surface area contributed by atoms with Crippen LogP contribution in [0.5, 0.6) is 5.75 Å². The molecule has 0 aliphatic carbocycles. The third-order valence-corrected chi connectivity index (χ3v) is 4.76. The van der Waals surface area contributed by atoms with Gasteiger partial charge >= 0.3 is 0 Å². The molecule has 3 rings (SSSR count). The summed E-state index contributed by atoms with van der Waals surface area (Å²) in [7, 11) is 0. The van der Waals surface area contributed by atoms with Gasteiger partial charge in [0, 0.05) is 11.1 Å². The summed E-state index contributed by atoms with van der Waals surface area (Å²) in [4.78, 5) is 0. The normalized spacial score (nSPS) is 10.6. The summed E-state index contributed by atoms with van der Waals surface area (Å²) in [6.07, 6.45) is 0. The van der Waals surface area contributed by atoms with E-state index in [9.17, 15) is 5.11 Å². The molecule has 0 radical (unpaired) electrons. The fourth-order valence-electron chi connectivity index (χ4n) is 3.32. The number of hydrogen-bond acceptors (Lipinski definition) is 1. The molecule has 1 N–H and O–H groups in total. The van der Waals surface area contributed by atoms with Gasteiger partial charge in [0.05, 0.1) is 0 Å². The molecule has 1 heteroatoms. The zero-order valence-electron chi connectivity index (χ0n) is 16.5. The van der Waals surface area contributed by atoms with Crippen molar-refractivity contribution in [1.29, 1.82) is 0 Å². The minimum absolute atomic E-state index is 0.338. The van der Waals surface area contributed by atoms with Crippen LogP contribution in [0.25, 0.3) is 11.1 Å². The number of phenols is 1. The molecule has 0 fully saturated rings. The highest BCUT2D eigenvalue weighted by Gasteiger charge is 2.12. The summed E-state index contributed by atoms with van der Waals surface area (Å²) in [5.41, 5.74) is 11.1. The van der Waals surface area contributed by atoms with Gasteiger partial charge in [0.1, 0.15) is 5.75 Å². The van der Waals surface area contributed by atoms with Crippen LogP contribution in [0.4, 0.5) is 0 Å². The van der Waals surface area contributed by atoms with Crippen LogP contribution in [0.1, 0.15) is 41.7 Å². The second-order valence-electron chi connectivity index (χ2n) is 7.26. The number of hydrogen-bond donors (Lipinski definition) is 1. The second kappa shape index (κ2) is 8.12. The topological polar surface area (TPSA) is 20.2 Å². The van der Waals surface area contributed by atoms with E-state index in [4.69, 9.17) is 0 Å². The standard InChI is InChI=1S/C26H26O/c1-18(2)24(21-11-7-5-8-12-21)17-25(22-13-9-6-10-14-22)23-15-19(3)26(27)20(4)16-23/h5-16,18,27H,1-4H3. The quantitative estimate of drug-likeness (QED) is 0.512. The molecule has 1 nitrogen and oxygen atoms in total. The van der Waals surface area contributed by atoms with Crippen molar-refractivity contribution >= 4 is 11.1 Å². The molecule has 0 saturated heterocycles. The molecule has 0 aromatic heterocycles. The molecule has 3 aromatic rings. The van der Waals surface area contributed by atoms with Crippen molar-refractivity contribution in [3.8, 4) is 5.75 Å². The first-order valence-electron chi connectivity index (χ1n) is 9.39. The fraction of sp³-hybridized carbons (Fsp3) is 0.192. The average Bonchev–Trinajstić information content (AvgIpc) is 2.67. The molecule has 0 atom stereocenters. The lowest BCUT2D eigenvalue weighted by atomic mass is 9.91. The Morgan fingerprint density at radius 1 is 0.741 bits per heavy atom. The highest BCUT2D eigenvalue weighted by molar-refractivity contribution is 5.85. The maximum atomic E-state index is 10.2. The van der Waals surface area contributed by atoms with Gasteiger partial charge in [-0.05, 0) is 59.7 Å². The zero-order valence-corrected chi connectivity index (χ0v) is 16.5. The summed E-state index contributed by atoms with van der Waals surface area (Å²) in [6, 6.07) is 24.9. The van der Waals surface area contributed by atoms with Gasteiger partial charge in [-0.3, -0.25) is 0 Å². The highest BCUT2D eigenvalue weighted by Crippen LogP contribution is 2.32. The number of allylic oxidation sites excluding steroid dienone is 1. The zero-order chi connectivity index (χ0) is 19.4. The van der Waals surface area contributed by atoms with Gasteiger partial charge in [-0.2, -0.15) is 0 Å². The summed E-state index contributed by atoms with van der Waals surface area (Å²) >= 11 is 0. The van der Waals surface area contributed by atoms with E-state index in [-0.39, 0.29) is 0 Å². The molecule has 136 valence electrons. The molecule has 0 heterocycles. The Labute approximate surface area is 162 Å². The van der Waals surface area contributed by atoms with E-state index in [0.717, 1.165) is 27.8 Å². The van der Waals surface area contributed by atoms with E-state index in [2.05, 4.69) is 68.1 Å². The SMILES string of the molecule is Cc1cc(C(=C=C(c2ccccc2)C(C)C)c2ccccc2)cc(C)c1O. The Morgan fingerprint density at radius 2 is 1.22 bits per heavy atom. The van der Waals surface area contributed by atoms with E-state index in [1.165, 1.54) is 11.1 Å². The first-order valence-corrected chi connectivity index (χ1v) is 9.39. The van der Waals surface area contributed by atoms with Gasteiger partial charge in [0.2, 0.25) is 0 Å². The molecule has 0 amide bonds. The molecule has 0 aliphatic rings. The molecular weight excluding hydrogens is 328 g/mol. The van der Waals surface area contributed by atoms with Crippen LogP contribution in [0.2, 0.25) is 0 Å². The Kier molecular flexibility index (Phi) is 5.64. The summed E-state index contributed by atoms with van der Waals surface area (Å²) in [5, 5.41) is 10.2. The lowest BCUT2D eigenvalue weighted by Crippen LogP contribution is -1.95. The van der Waals surface area contributed by atoms with Crippen LogP contribution in [0.15, 0.2) is 78.5 Å². The summed E-state index contributed by atoms with van der Waals surface area (Å²) < 4.78 is 0. The smallest absolute Gasteiger partial charge is 0.121 e. The number of aryl methyl sites for hydroxylation is 2. The van der Waals surface area contributed by atoms with Crippen molar-refractivity contribution in [3.63, 3.8) is 0 Å². The third kappa shape index (κ3) is 4.22. The molecule has 3 aromatic carbocycles. The van der Waals surface area contributed by atoms with Gasteiger partial charge in [0.25, 0.3) is 0 Å². The van der Waals surface area contributed by atoms with E-state index in [0.29, 0.717) is 11.7 Å². The summed E-state index contributed by atoms with van der Waals surface area (Å²) in [6.45, 7) is 8.29. The van der Waals surface area contributed by atoms with Crippen molar-refractivity contribution in [2.24, 2.45) is 5.92 Å². The Bertz CT molecular complexity index is 966. The molecule has 0 unspecified atom stereocenters. The highest BCUT2D eigenvalue weighted by atomic mass is 16.3. The van der Waals surface area contributed by atoms with E-state index in [1.54, 1.807) is 0 Å². The van der Waals surface area contributed by atoms with Crippen LogP contribution in [-0.4, -0.2) is 5.11 Å². The monoisotopic (exact) mass is 354 g/mol. The van der Waals surface area contributed by atoms with Gasteiger partial charge < -0.3 is 5.11 Å². The van der Waals surface area contributed by atoms with Gasteiger partial charge in [-0.25, -0.2) is 0 Å². The molecule has 0 aliphatic heterocycles. The van der Waals surface area contributed by atoms with E-state index >= 15 is 0 Å². The predicted molar refractivity (Wildman–Crippen MR) is 115 cm³/mol.